The number of benzene rings is 1. The van der Waals surface area contributed by atoms with Crippen LogP contribution in [0.3, 0.4) is 0 Å². The molecular weight excluding hydrogens is 258 g/mol. The smallest absolute Gasteiger partial charge is 0.196 e. The first-order valence-corrected chi connectivity index (χ1v) is 5.91. The molecule has 0 unspecified atom stereocenters. The van der Waals surface area contributed by atoms with E-state index in [1.165, 1.54) is 11.7 Å². The lowest BCUT2D eigenvalue weighted by molar-refractivity contribution is 0.959. The zero-order chi connectivity index (χ0) is 11.0. The number of nitrogens with zero attached hydrogens (tertiary/aromatic N) is 3. The maximum absolute atomic E-state index is 6.13. The molecule has 5 nitrogen and oxygen atoms in total. The van der Waals surface area contributed by atoms with Crippen LogP contribution in [0.4, 0.5) is 5.69 Å². The van der Waals surface area contributed by atoms with Gasteiger partial charge in [-0.25, -0.2) is 0 Å². The summed E-state index contributed by atoms with van der Waals surface area (Å²) >= 11 is 7.30. The molecule has 7 heteroatoms. The van der Waals surface area contributed by atoms with Gasteiger partial charge in [0.15, 0.2) is 5.96 Å². The Bertz CT molecular complexity index is 565. The van der Waals surface area contributed by atoms with Gasteiger partial charge in [0.2, 0.25) is 0 Å². The Hall–Kier alpha value is -1.40. The summed E-state index contributed by atoms with van der Waals surface area (Å²) in [7, 11) is 0. The molecule has 0 atom stereocenters. The molecule has 0 spiro atoms. The van der Waals surface area contributed by atoms with E-state index in [0.717, 1.165) is 35.8 Å². The van der Waals surface area contributed by atoms with Crippen LogP contribution >= 0.6 is 23.3 Å². The van der Waals surface area contributed by atoms with E-state index < -0.39 is 0 Å². The first kappa shape index (κ1) is 12.1. The fourth-order valence-corrected chi connectivity index (χ4v) is 2.29. The van der Waals surface area contributed by atoms with E-state index in [9.17, 15) is 0 Å². The summed E-state index contributed by atoms with van der Waals surface area (Å²) in [4.78, 5) is 4.25. The minimum absolute atomic E-state index is 0. The molecule has 90 valence electrons. The Kier molecular flexibility index (Phi) is 3.44. The van der Waals surface area contributed by atoms with Crippen molar-refractivity contribution in [3.05, 3.63) is 17.2 Å². The van der Waals surface area contributed by atoms with Gasteiger partial charge in [0.1, 0.15) is 11.0 Å². The van der Waals surface area contributed by atoms with Gasteiger partial charge >= 0.3 is 0 Å². The number of rotatable bonds is 1. The molecule has 0 aliphatic carbocycles. The third-order valence-corrected chi connectivity index (χ3v) is 3.15. The van der Waals surface area contributed by atoms with Crippen molar-refractivity contribution in [1.82, 2.24) is 14.1 Å². The van der Waals surface area contributed by atoms with Gasteiger partial charge in [-0.1, -0.05) is 19.0 Å². The third kappa shape index (κ3) is 2.18. The lowest BCUT2D eigenvalue weighted by atomic mass is 10.2. The predicted octanol–water partition coefficient (Wildman–Crippen LogP) is 2.35. The quantitative estimate of drug-likeness (QED) is 0.834. The SMILES string of the molecule is C.Clc1ccc2nsnc2c1NC1=NCCN1. The summed E-state index contributed by atoms with van der Waals surface area (Å²) < 4.78 is 8.39. The molecule has 0 radical (unpaired) electrons. The lowest BCUT2D eigenvalue weighted by Gasteiger charge is -2.08. The molecule has 0 fully saturated rings. The number of aliphatic imine (C=N–C) groups is 1. The van der Waals surface area contributed by atoms with Crippen molar-refractivity contribution in [2.24, 2.45) is 4.99 Å². The number of hydrogen-bond acceptors (Lipinski definition) is 6. The van der Waals surface area contributed by atoms with E-state index in [-0.39, 0.29) is 7.43 Å². The molecule has 0 saturated carbocycles. The van der Waals surface area contributed by atoms with Crippen molar-refractivity contribution in [2.75, 3.05) is 18.4 Å². The highest BCUT2D eigenvalue weighted by Crippen LogP contribution is 2.29. The van der Waals surface area contributed by atoms with Crippen LogP contribution in [0.15, 0.2) is 17.1 Å². The normalized spacial score (nSPS) is 14.1. The van der Waals surface area contributed by atoms with Crippen LogP contribution in [-0.4, -0.2) is 27.8 Å². The van der Waals surface area contributed by atoms with Crippen molar-refractivity contribution < 1.29 is 0 Å². The molecule has 1 aromatic carbocycles. The van der Waals surface area contributed by atoms with Gasteiger partial charge in [-0.15, -0.1) is 0 Å². The summed E-state index contributed by atoms with van der Waals surface area (Å²) in [5.41, 5.74) is 2.39. The largest absolute Gasteiger partial charge is 0.354 e. The first-order chi connectivity index (χ1) is 7.84. The number of guanidine groups is 1. The predicted molar refractivity (Wildman–Crippen MR) is 73.1 cm³/mol. The van der Waals surface area contributed by atoms with Gasteiger partial charge in [-0.2, -0.15) is 8.75 Å². The molecule has 2 aromatic rings. The average Bonchev–Trinajstić information content (AvgIpc) is 2.92. The van der Waals surface area contributed by atoms with E-state index in [0.29, 0.717) is 5.02 Å². The Labute approximate surface area is 108 Å². The Morgan fingerprint density at radius 2 is 2.24 bits per heavy atom. The monoisotopic (exact) mass is 269 g/mol. The summed E-state index contributed by atoms with van der Waals surface area (Å²) in [6.07, 6.45) is 0. The molecule has 1 aliphatic rings. The fraction of sp³-hybridized carbons (Fsp3) is 0.300. The maximum Gasteiger partial charge on any atom is 0.196 e. The zero-order valence-electron chi connectivity index (χ0n) is 8.20. The molecule has 0 saturated heterocycles. The van der Waals surface area contributed by atoms with Crippen LogP contribution in [0.2, 0.25) is 5.02 Å². The van der Waals surface area contributed by atoms with Crippen LogP contribution in [0.25, 0.3) is 11.0 Å². The number of fused-ring (bicyclic) bond motifs is 1. The van der Waals surface area contributed by atoms with E-state index in [4.69, 9.17) is 11.6 Å². The van der Waals surface area contributed by atoms with Gasteiger partial charge in [0, 0.05) is 6.54 Å². The van der Waals surface area contributed by atoms with E-state index in [1.807, 2.05) is 12.1 Å². The number of aromatic nitrogens is 2. The van der Waals surface area contributed by atoms with Crippen molar-refractivity contribution in [3.63, 3.8) is 0 Å². The molecule has 2 N–H and O–H groups in total. The standard InChI is InChI=1S/C9H8ClN5S.CH4/c10-5-1-2-6-8(15-16-14-6)7(5)13-9-11-3-4-12-9;/h1-2H,3-4H2,(H2,11,12,13);1H4. The van der Waals surface area contributed by atoms with Crippen molar-refractivity contribution in [2.45, 2.75) is 7.43 Å². The zero-order valence-corrected chi connectivity index (χ0v) is 9.77. The van der Waals surface area contributed by atoms with Crippen LogP contribution < -0.4 is 10.6 Å². The molecule has 3 rings (SSSR count). The Balaban J connectivity index is 0.00000108. The van der Waals surface area contributed by atoms with Gasteiger partial charge in [-0.3, -0.25) is 4.99 Å². The second-order valence-corrected chi connectivity index (χ2v) is 4.27. The molecule has 2 heterocycles. The molecule has 1 aliphatic heterocycles. The van der Waals surface area contributed by atoms with Crippen molar-refractivity contribution in [3.8, 4) is 0 Å². The van der Waals surface area contributed by atoms with Gasteiger partial charge in [-0.05, 0) is 12.1 Å². The average molecular weight is 270 g/mol. The highest BCUT2D eigenvalue weighted by molar-refractivity contribution is 7.00. The summed E-state index contributed by atoms with van der Waals surface area (Å²) in [5, 5.41) is 6.90. The molecule has 1 aromatic heterocycles. The van der Waals surface area contributed by atoms with Gasteiger partial charge in [0.25, 0.3) is 0 Å². The van der Waals surface area contributed by atoms with Gasteiger partial charge in [0.05, 0.1) is 29.0 Å². The van der Waals surface area contributed by atoms with Crippen LogP contribution in [0, 0.1) is 0 Å². The van der Waals surface area contributed by atoms with Gasteiger partial charge < -0.3 is 10.6 Å². The fourth-order valence-electron chi connectivity index (χ4n) is 1.55. The summed E-state index contributed by atoms with van der Waals surface area (Å²) in [6, 6.07) is 3.67. The lowest BCUT2D eigenvalue weighted by Crippen LogP contribution is -2.26. The topological polar surface area (TPSA) is 62.2 Å². The highest BCUT2D eigenvalue weighted by Gasteiger charge is 2.13. The second kappa shape index (κ2) is 4.85. The first-order valence-electron chi connectivity index (χ1n) is 4.81. The number of hydrogen-bond donors (Lipinski definition) is 2. The second-order valence-electron chi connectivity index (χ2n) is 3.34. The maximum atomic E-state index is 6.13. The van der Waals surface area contributed by atoms with E-state index >= 15 is 0 Å². The number of anilines is 1. The van der Waals surface area contributed by atoms with Crippen LogP contribution in [-0.2, 0) is 0 Å². The Morgan fingerprint density at radius 1 is 1.35 bits per heavy atom. The molecular formula is C10H12ClN5S. The van der Waals surface area contributed by atoms with Crippen LogP contribution in [0.1, 0.15) is 7.43 Å². The van der Waals surface area contributed by atoms with Crippen molar-refractivity contribution in [1.29, 1.82) is 0 Å². The molecule has 17 heavy (non-hydrogen) atoms. The number of halogens is 1. The molecule has 0 amide bonds. The number of nitrogens with one attached hydrogen (secondary N) is 2. The highest BCUT2D eigenvalue weighted by atomic mass is 35.5. The van der Waals surface area contributed by atoms with E-state index in [2.05, 4.69) is 24.4 Å². The molecule has 0 bridgehead atoms. The van der Waals surface area contributed by atoms with E-state index in [1.54, 1.807) is 0 Å². The Morgan fingerprint density at radius 3 is 3.00 bits per heavy atom. The summed E-state index contributed by atoms with van der Waals surface area (Å²) in [5.74, 6) is 0.738. The van der Waals surface area contributed by atoms with Crippen LogP contribution in [0.5, 0.6) is 0 Å². The minimum atomic E-state index is 0. The summed E-state index contributed by atoms with van der Waals surface area (Å²) in [6.45, 7) is 1.64. The van der Waals surface area contributed by atoms with Crippen molar-refractivity contribution >= 4 is 46.0 Å². The minimum Gasteiger partial charge on any atom is -0.354 e. The third-order valence-electron chi connectivity index (χ3n) is 2.29.